The van der Waals surface area contributed by atoms with Crippen LogP contribution in [0, 0.1) is 0 Å². The van der Waals surface area contributed by atoms with Gasteiger partial charge in [0.25, 0.3) is 0 Å². The van der Waals surface area contributed by atoms with E-state index in [1.807, 2.05) is 32.0 Å². The Morgan fingerprint density at radius 2 is 2.05 bits per heavy atom. The summed E-state index contributed by atoms with van der Waals surface area (Å²) in [4.78, 5) is 4.05. The number of aliphatic imine (C=N–C) groups is 1. The number of rotatable bonds is 8. The number of nitrogens with one attached hydrogen (secondary N) is 1. The molecule has 0 aliphatic carbocycles. The Morgan fingerprint density at radius 3 is 2.64 bits per heavy atom. The lowest BCUT2D eigenvalue weighted by Gasteiger charge is -2.17. The summed E-state index contributed by atoms with van der Waals surface area (Å²) in [7, 11) is -1.70. The maximum absolute atomic E-state index is 12.0. The van der Waals surface area contributed by atoms with Gasteiger partial charge in [-0.05, 0) is 12.1 Å². The van der Waals surface area contributed by atoms with Crippen molar-refractivity contribution in [3.05, 3.63) is 24.3 Å². The largest absolute Gasteiger partial charge is 0.497 e. The first kappa shape index (κ1) is 18.2. The van der Waals surface area contributed by atoms with Gasteiger partial charge < -0.3 is 15.8 Å². The zero-order valence-corrected chi connectivity index (χ0v) is 14.1. The number of sulfonamides is 1. The van der Waals surface area contributed by atoms with E-state index < -0.39 is 10.0 Å². The summed E-state index contributed by atoms with van der Waals surface area (Å²) >= 11 is 0. The molecule has 0 amide bonds. The third-order valence-electron chi connectivity index (χ3n) is 3.07. The molecule has 22 heavy (non-hydrogen) atoms. The number of benzene rings is 1. The minimum atomic E-state index is -3.28. The molecule has 0 saturated carbocycles. The van der Waals surface area contributed by atoms with Crippen LogP contribution in [0.3, 0.4) is 0 Å². The Labute approximate surface area is 132 Å². The molecule has 124 valence electrons. The van der Waals surface area contributed by atoms with Gasteiger partial charge in [-0.3, -0.25) is 4.99 Å². The van der Waals surface area contributed by atoms with E-state index in [-0.39, 0.29) is 18.3 Å². The fourth-order valence-corrected chi connectivity index (χ4v) is 3.28. The van der Waals surface area contributed by atoms with E-state index in [0.717, 1.165) is 5.69 Å². The normalized spacial score (nSPS) is 12.5. The molecule has 0 radical (unpaired) electrons. The van der Waals surface area contributed by atoms with E-state index >= 15 is 0 Å². The summed E-state index contributed by atoms with van der Waals surface area (Å²) in [6.45, 7) is 4.65. The molecule has 0 atom stereocenters. The van der Waals surface area contributed by atoms with Crippen molar-refractivity contribution < 1.29 is 13.2 Å². The van der Waals surface area contributed by atoms with Crippen LogP contribution in [-0.2, 0) is 10.0 Å². The predicted octanol–water partition coefficient (Wildman–Crippen LogP) is 1.09. The van der Waals surface area contributed by atoms with Crippen LogP contribution in [0.25, 0.3) is 0 Å². The molecule has 8 heteroatoms. The first-order chi connectivity index (χ1) is 10.4. The zero-order valence-electron chi connectivity index (χ0n) is 13.2. The first-order valence-electron chi connectivity index (χ1n) is 7.11. The van der Waals surface area contributed by atoms with Crippen molar-refractivity contribution in [3.8, 4) is 5.75 Å². The van der Waals surface area contributed by atoms with E-state index in [1.54, 1.807) is 13.2 Å². The summed E-state index contributed by atoms with van der Waals surface area (Å²) in [6.07, 6.45) is 0. The van der Waals surface area contributed by atoms with Gasteiger partial charge in [0.05, 0.1) is 19.4 Å². The number of ether oxygens (including phenoxy) is 1. The molecule has 3 N–H and O–H groups in total. The van der Waals surface area contributed by atoms with Gasteiger partial charge in [-0.15, -0.1) is 0 Å². The van der Waals surface area contributed by atoms with E-state index in [4.69, 9.17) is 10.5 Å². The molecule has 1 aromatic rings. The fourth-order valence-electron chi connectivity index (χ4n) is 1.92. The summed E-state index contributed by atoms with van der Waals surface area (Å²) in [5.74, 6) is 0.805. The molecular weight excluding hydrogens is 304 g/mol. The van der Waals surface area contributed by atoms with Gasteiger partial charge in [0.15, 0.2) is 5.96 Å². The lowest BCUT2D eigenvalue weighted by Crippen LogP contribution is -2.34. The Kier molecular flexibility index (Phi) is 7.13. The van der Waals surface area contributed by atoms with Crippen molar-refractivity contribution in [3.63, 3.8) is 0 Å². The Bertz CT molecular complexity index is 598. The molecule has 0 bridgehead atoms. The molecule has 0 unspecified atom stereocenters. The maximum atomic E-state index is 12.0. The highest BCUT2D eigenvalue weighted by Gasteiger charge is 2.17. The van der Waals surface area contributed by atoms with Crippen LogP contribution in [0.15, 0.2) is 29.3 Å². The van der Waals surface area contributed by atoms with Crippen molar-refractivity contribution >= 4 is 21.7 Å². The third-order valence-corrected chi connectivity index (χ3v) is 5.07. The summed E-state index contributed by atoms with van der Waals surface area (Å²) in [6, 6.07) is 7.22. The van der Waals surface area contributed by atoms with E-state index in [2.05, 4.69) is 10.3 Å². The highest BCUT2D eigenvalue weighted by atomic mass is 32.2. The molecule has 0 aromatic heterocycles. The van der Waals surface area contributed by atoms with Gasteiger partial charge in [-0.2, -0.15) is 0 Å². The van der Waals surface area contributed by atoms with Crippen molar-refractivity contribution in [1.29, 1.82) is 0 Å². The van der Waals surface area contributed by atoms with Gasteiger partial charge in [0.2, 0.25) is 10.0 Å². The molecule has 0 spiro atoms. The molecule has 1 aromatic carbocycles. The van der Waals surface area contributed by atoms with Crippen LogP contribution in [0.2, 0.25) is 0 Å². The number of hydrogen-bond acceptors (Lipinski definition) is 4. The van der Waals surface area contributed by atoms with E-state index in [0.29, 0.717) is 18.8 Å². The van der Waals surface area contributed by atoms with Gasteiger partial charge in [0.1, 0.15) is 5.75 Å². The highest BCUT2D eigenvalue weighted by molar-refractivity contribution is 7.89. The zero-order chi connectivity index (χ0) is 16.6. The molecule has 0 fully saturated rings. The molecule has 1 rings (SSSR count). The Morgan fingerprint density at radius 1 is 1.36 bits per heavy atom. The lowest BCUT2D eigenvalue weighted by atomic mass is 10.3. The third kappa shape index (κ3) is 5.53. The second-order valence-corrected chi connectivity index (χ2v) is 6.61. The minimum Gasteiger partial charge on any atom is -0.497 e. The molecular formula is C14H24N4O3S. The van der Waals surface area contributed by atoms with Crippen LogP contribution in [0.5, 0.6) is 5.75 Å². The average Bonchev–Trinajstić information content (AvgIpc) is 2.48. The number of anilines is 1. The Hall–Kier alpha value is -1.80. The lowest BCUT2D eigenvalue weighted by molar-refractivity contribution is 0.415. The van der Waals surface area contributed by atoms with E-state index in [9.17, 15) is 8.42 Å². The molecule has 0 aliphatic rings. The summed E-state index contributed by atoms with van der Waals surface area (Å²) in [5, 5.41) is 2.90. The van der Waals surface area contributed by atoms with Crippen molar-refractivity contribution in [2.24, 2.45) is 10.7 Å². The van der Waals surface area contributed by atoms with Crippen molar-refractivity contribution in [2.45, 2.75) is 13.8 Å². The monoisotopic (exact) mass is 328 g/mol. The van der Waals surface area contributed by atoms with Crippen LogP contribution in [0.4, 0.5) is 5.69 Å². The van der Waals surface area contributed by atoms with Gasteiger partial charge >= 0.3 is 0 Å². The summed E-state index contributed by atoms with van der Waals surface area (Å²) < 4.78 is 30.5. The number of nitrogens with two attached hydrogens (primary N) is 1. The smallest absolute Gasteiger partial charge is 0.215 e. The standard InChI is InChI=1S/C14H24N4O3S/c1-4-18(5-2)22(19,20)10-9-16-14(15)17-12-7-6-8-13(11-12)21-3/h6-8,11H,4-5,9-10H2,1-3H3,(H3,15,16,17). The second-order valence-electron chi connectivity index (χ2n) is 4.52. The van der Waals surface area contributed by atoms with Crippen LogP contribution in [-0.4, -0.2) is 51.2 Å². The fraction of sp³-hybridized carbons (Fsp3) is 0.500. The molecule has 0 heterocycles. The van der Waals surface area contributed by atoms with Gasteiger partial charge in [0, 0.05) is 24.8 Å². The Balaban J connectivity index is 2.59. The molecule has 7 nitrogen and oxygen atoms in total. The molecule has 0 saturated heterocycles. The second kappa shape index (κ2) is 8.60. The van der Waals surface area contributed by atoms with Crippen molar-refractivity contribution in [1.82, 2.24) is 4.31 Å². The topological polar surface area (TPSA) is 97.0 Å². The summed E-state index contributed by atoms with van der Waals surface area (Å²) in [5.41, 5.74) is 6.49. The highest BCUT2D eigenvalue weighted by Crippen LogP contribution is 2.16. The predicted molar refractivity (Wildman–Crippen MR) is 89.8 cm³/mol. The van der Waals surface area contributed by atoms with Gasteiger partial charge in [-0.25, -0.2) is 12.7 Å². The average molecular weight is 328 g/mol. The van der Waals surface area contributed by atoms with Gasteiger partial charge in [-0.1, -0.05) is 19.9 Å². The maximum Gasteiger partial charge on any atom is 0.215 e. The number of hydrogen-bond donors (Lipinski definition) is 2. The number of methoxy groups -OCH3 is 1. The minimum absolute atomic E-state index is 0.0603. The number of guanidine groups is 1. The van der Waals surface area contributed by atoms with E-state index in [1.165, 1.54) is 4.31 Å². The van der Waals surface area contributed by atoms with Crippen molar-refractivity contribution in [2.75, 3.05) is 37.8 Å². The quantitative estimate of drug-likeness (QED) is 0.550. The van der Waals surface area contributed by atoms with Crippen LogP contribution < -0.4 is 15.8 Å². The SMILES string of the molecule is CCN(CC)S(=O)(=O)CCN=C(N)Nc1cccc(OC)c1. The first-order valence-corrected chi connectivity index (χ1v) is 8.72. The van der Waals surface area contributed by atoms with Crippen LogP contribution in [0.1, 0.15) is 13.8 Å². The number of nitrogens with zero attached hydrogens (tertiary/aromatic N) is 2. The molecule has 0 aliphatic heterocycles. The van der Waals surface area contributed by atoms with Crippen LogP contribution >= 0.6 is 0 Å².